The van der Waals surface area contributed by atoms with Gasteiger partial charge < -0.3 is 5.73 Å². The highest BCUT2D eigenvalue weighted by atomic mass is 79.9. The predicted octanol–water partition coefficient (Wildman–Crippen LogP) is 1.22. The van der Waals surface area contributed by atoms with E-state index >= 15 is 0 Å². The quantitative estimate of drug-likeness (QED) is 0.720. The van der Waals surface area contributed by atoms with Crippen LogP contribution in [-0.2, 0) is 14.1 Å². The first kappa shape index (κ1) is 9.33. The van der Waals surface area contributed by atoms with Crippen molar-refractivity contribution in [3.05, 3.63) is 27.1 Å². The van der Waals surface area contributed by atoms with Gasteiger partial charge in [0.2, 0.25) is 0 Å². The summed E-state index contributed by atoms with van der Waals surface area (Å²) in [4.78, 5) is 11.6. The Balaban J connectivity index is 3.10. The van der Waals surface area contributed by atoms with Gasteiger partial charge >= 0.3 is 5.69 Å². The molecule has 0 radical (unpaired) electrons. The lowest BCUT2D eigenvalue weighted by Gasteiger charge is -2.00. The molecule has 0 aliphatic rings. The molecule has 14 heavy (non-hydrogen) atoms. The molecule has 2 N–H and O–H groups in total. The highest BCUT2D eigenvalue weighted by Gasteiger charge is 2.10. The topological polar surface area (TPSA) is 53.0 Å². The van der Waals surface area contributed by atoms with Gasteiger partial charge in [0.05, 0.1) is 16.7 Å². The van der Waals surface area contributed by atoms with Crippen LogP contribution in [0.3, 0.4) is 0 Å². The summed E-state index contributed by atoms with van der Waals surface area (Å²) in [6.07, 6.45) is 0. The molecule has 2 aromatic rings. The molecule has 0 aliphatic heterocycles. The van der Waals surface area contributed by atoms with Gasteiger partial charge in [-0.25, -0.2) is 4.79 Å². The molecule has 2 rings (SSSR count). The molecule has 4 nitrogen and oxygen atoms in total. The molecule has 74 valence electrons. The number of hydrogen-bond donors (Lipinski definition) is 1. The number of hydrogen-bond acceptors (Lipinski definition) is 2. The van der Waals surface area contributed by atoms with E-state index in [2.05, 4.69) is 15.9 Å². The third-order valence-corrected chi connectivity index (χ3v) is 2.81. The third-order valence-electron chi connectivity index (χ3n) is 2.35. The van der Waals surface area contributed by atoms with Crippen LogP contribution in [0, 0.1) is 0 Å². The minimum Gasteiger partial charge on any atom is -0.397 e. The first-order valence-corrected chi connectivity index (χ1v) is 4.92. The molecular weight excluding hydrogens is 246 g/mol. The van der Waals surface area contributed by atoms with Crippen LogP contribution in [0.1, 0.15) is 0 Å². The van der Waals surface area contributed by atoms with Gasteiger partial charge in [-0.05, 0) is 12.1 Å². The van der Waals surface area contributed by atoms with E-state index in [1.165, 1.54) is 0 Å². The van der Waals surface area contributed by atoms with Crippen molar-refractivity contribution in [2.45, 2.75) is 0 Å². The van der Waals surface area contributed by atoms with Crippen LogP contribution < -0.4 is 11.4 Å². The molecule has 0 bridgehead atoms. The Morgan fingerprint density at radius 3 is 2.57 bits per heavy atom. The van der Waals surface area contributed by atoms with Crippen molar-refractivity contribution in [2.24, 2.45) is 14.1 Å². The lowest BCUT2D eigenvalue weighted by Crippen LogP contribution is -2.19. The number of nitrogens with two attached hydrogens (primary N) is 1. The van der Waals surface area contributed by atoms with Crippen LogP contribution in [0.5, 0.6) is 0 Å². The average Bonchev–Trinajstić information content (AvgIpc) is 2.31. The molecular formula is C9H10BrN3O. The van der Waals surface area contributed by atoms with Crippen molar-refractivity contribution in [1.29, 1.82) is 0 Å². The van der Waals surface area contributed by atoms with Gasteiger partial charge in [-0.3, -0.25) is 9.13 Å². The normalized spacial score (nSPS) is 11.1. The average molecular weight is 256 g/mol. The van der Waals surface area contributed by atoms with Crippen molar-refractivity contribution >= 4 is 32.7 Å². The Bertz CT molecular complexity index is 567. The fourth-order valence-corrected chi connectivity index (χ4v) is 2.11. The Hall–Kier alpha value is -1.23. The van der Waals surface area contributed by atoms with E-state index in [4.69, 9.17) is 5.73 Å². The summed E-state index contributed by atoms with van der Waals surface area (Å²) < 4.78 is 4.01. The van der Waals surface area contributed by atoms with E-state index < -0.39 is 0 Å². The fraction of sp³-hybridized carbons (Fsp3) is 0.222. The van der Waals surface area contributed by atoms with Crippen LogP contribution in [0.4, 0.5) is 5.69 Å². The van der Waals surface area contributed by atoms with Crippen molar-refractivity contribution < 1.29 is 0 Å². The summed E-state index contributed by atoms with van der Waals surface area (Å²) in [6.45, 7) is 0. The molecule has 0 saturated carbocycles. The summed E-state index contributed by atoms with van der Waals surface area (Å²) in [5, 5.41) is 0. The van der Waals surface area contributed by atoms with Crippen molar-refractivity contribution in [2.75, 3.05) is 5.73 Å². The molecule has 0 spiro atoms. The van der Waals surface area contributed by atoms with Crippen molar-refractivity contribution in [1.82, 2.24) is 9.13 Å². The number of nitrogen functional groups attached to an aromatic ring is 1. The number of aromatic nitrogens is 2. The van der Waals surface area contributed by atoms with E-state index in [-0.39, 0.29) is 5.69 Å². The van der Waals surface area contributed by atoms with Gasteiger partial charge in [-0.1, -0.05) is 15.9 Å². The first-order valence-electron chi connectivity index (χ1n) is 4.13. The second-order valence-corrected chi connectivity index (χ2v) is 4.18. The van der Waals surface area contributed by atoms with Crippen LogP contribution >= 0.6 is 15.9 Å². The van der Waals surface area contributed by atoms with E-state index in [0.29, 0.717) is 5.69 Å². The van der Waals surface area contributed by atoms with Crippen molar-refractivity contribution in [3.63, 3.8) is 0 Å². The number of benzene rings is 1. The molecule has 1 aromatic heterocycles. The maximum atomic E-state index is 11.6. The minimum atomic E-state index is -0.0650. The largest absolute Gasteiger partial charge is 0.397 e. The molecule has 0 saturated heterocycles. The summed E-state index contributed by atoms with van der Waals surface area (Å²) in [5.41, 5.74) is 7.99. The SMILES string of the molecule is Cn1c(=O)n(C)c2c(N)cc(Br)cc21. The van der Waals surface area contributed by atoms with E-state index in [9.17, 15) is 4.79 Å². The Kier molecular flexibility index (Phi) is 1.92. The molecule has 0 unspecified atom stereocenters. The number of halogens is 1. The molecule has 5 heteroatoms. The molecule has 0 fully saturated rings. The van der Waals surface area contributed by atoms with E-state index in [1.807, 2.05) is 6.07 Å². The van der Waals surface area contributed by atoms with E-state index in [0.717, 1.165) is 15.5 Å². The number of imidazole rings is 1. The Labute approximate surface area is 89.1 Å². The second-order valence-electron chi connectivity index (χ2n) is 3.26. The zero-order valence-electron chi connectivity index (χ0n) is 7.91. The monoisotopic (exact) mass is 255 g/mol. The third kappa shape index (κ3) is 1.09. The van der Waals surface area contributed by atoms with Crippen molar-refractivity contribution in [3.8, 4) is 0 Å². The summed E-state index contributed by atoms with van der Waals surface area (Å²) >= 11 is 3.35. The van der Waals surface area contributed by atoms with Crippen LogP contribution in [-0.4, -0.2) is 9.13 Å². The van der Waals surface area contributed by atoms with Gasteiger partial charge in [0, 0.05) is 18.6 Å². The van der Waals surface area contributed by atoms with Crippen LogP contribution in [0.2, 0.25) is 0 Å². The van der Waals surface area contributed by atoms with Gasteiger partial charge in [-0.15, -0.1) is 0 Å². The van der Waals surface area contributed by atoms with Gasteiger partial charge in [-0.2, -0.15) is 0 Å². The van der Waals surface area contributed by atoms with Gasteiger partial charge in [0.1, 0.15) is 0 Å². The summed E-state index contributed by atoms with van der Waals surface area (Å²) in [5.74, 6) is 0. The smallest absolute Gasteiger partial charge is 0.328 e. The minimum absolute atomic E-state index is 0.0650. The summed E-state index contributed by atoms with van der Waals surface area (Å²) in [7, 11) is 3.45. The molecule has 0 amide bonds. The zero-order chi connectivity index (χ0) is 10.5. The maximum Gasteiger partial charge on any atom is 0.328 e. The first-order chi connectivity index (χ1) is 6.52. The molecule has 1 aromatic carbocycles. The van der Waals surface area contributed by atoms with Gasteiger partial charge in [0.25, 0.3) is 0 Å². The standard InChI is InChI=1S/C9H10BrN3O/c1-12-7-4-5(10)3-6(11)8(7)13(2)9(12)14/h3-4H,11H2,1-2H3. The Morgan fingerprint density at radius 2 is 1.93 bits per heavy atom. The fourth-order valence-electron chi connectivity index (χ4n) is 1.65. The molecule has 1 heterocycles. The van der Waals surface area contributed by atoms with Crippen LogP contribution in [0.25, 0.3) is 11.0 Å². The second kappa shape index (κ2) is 2.88. The lowest BCUT2D eigenvalue weighted by molar-refractivity contribution is 0.795. The lowest BCUT2D eigenvalue weighted by atomic mass is 10.2. The molecule has 0 atom stereocenters. The maximum absolute atomic E-state index is 11.6. The predicted molar refractivity (Wildman–Crippen MR) is 60.3 cm³/mol. The summed E-state index contributed by atoms with van der Waals surface area (Å²) in [6, 6.07) is 3.68. The highest BCUT2D eigenvalue weighted by Crippen LogP contribution is 2.24. The molecule has 0 aliphatic carbocycles. The van der Waals surface area contributed by atoms with Gasteiger partial charge in [0.15, 0.2) is 0 Å². The number of aryl methyl sites for hydroxylation is 2. The zero-order valence-corrected chi connectivity index (χ0v) is 9.50. The van der Waals surface area contributed by atoms with E-state index in [1.54, 1.807) is 29.3 Å². The number of rotatable bonds is 0. The Morgan fingerprint density at radius 1 is 1.29 bits per heavy atom. The number of anilines is 1. The number of fused-ring (bicyclic) bond motifs is 1. The number of nitrogens with zero attached hydrogens (tertiary/aromatic N) is 2. The van der Waals surface area contributed by atoms with Crippen LogP contribution in [0.15, 0.2) is 21.4 Å². The highest BCUT2D eigenvalue weighted by molar-refractivity contribution is 9.10.